The molecule has 0 aromatic heterocycles. The van der Waals surface area contributed by atoms with E-state index >= 15 is 0 Å². The van der Waals surface area contributed by atoms with Crippen molar-refractivity contribution < 1.29 is 0 Å². The Balaban J connectivity index is 0. The van der Waals surface area contributed by atoms with Crippen molar-refractivity contribution in [2.24, 2.45) is 0 Å². The van der Waals surface area contributed by atoms with E-state index in [0.717, 1.165) is 0 Å². The molecule has 0 N–H and O–H groups in total. The first-order valence-electron chi connectivity index (χ1n) is 6.04. The lowest BCUT2D eigenvalue weighted by atomic mass is 10.1. The van der Waals surface area contributed by atoms with E-state index in [2.05, 4.69) is 51.7 Å². The standard InChI is InChI=1S/C12H20.C4H8/c1-5-7-8-10-12(4)11(3)9-6-2;1-4(2)3/h6,8-10H,5,7H2,1-4H3;1H2,2-3H3/b9-6-,10-8+,12-11-;. The van der Waals surface area contributed by atoms with Gasteiger partial charge in [0.25, 0.3) is 0 Å². The SMILES string of the molecule is C=C(C)C.C\C=C/C(C)=C(C)\C=C\CCC. The van der Waals surface area contributed by atoms with Crippen molar-refractivity contribution in [3.63, 3.8) is 0 Å². The predicted molar refractivity (Wildman–Crippen MR) is 77.7 cm³/mol. The Morgan fingerprint density at radius 3 is 1.81 bits per heavy atom. The van der Waals surface area contributed by atoms with Gasteiger partial charge in [0.1, 0.15) is 0 Å². The molecule has 0 radical (unpaired) electrons. The number of rotatable bonds is 4. The molecule has 0 spiro atoms. The molecule has 0 amide bonds. The second kappa shape index (κ2) is 12.0. The van der Waals surface area contributed by atoms with Crippen LogP contribution < -0.4 is 0 Å². The lowest BCUT2D eigenvalue weighted by Crippen LogP contribution is -1.75. The maximum atomic E-state index is 3.56. The highest BCUT2D eigenvalue weighted by atomic mass is 13.9. The van der Waals surface area contributed by atoms with Gasteiger partial charge in [-0.1, -0.05) is 43.2 Å². The Labute approximate surface area is 102 Å². The van der Waals surface area contributed by atoms with E-state index in [4.69, 9.17) is 0 Å². The fourth-order valence-electron chi connectivity index (χ4n) is 0.940. The van der Waals surface area contributed by atoms with Crippen LogP contribution in [0.15, 0.2) is 47.6 Å². The maximum Gasteiger partial charge on any atom is -0.0350 e. The summed E-state index contributed by atoms with van der Waals surface area (Å²) in [5.41, 5.74) is 3.88. The number of hydrogen-bond acceptors (Lipinski definition) is 0. The Morgan fingerprint density at radius 1 is 1.00 bits per heavy atom. The van der Waals surface area contributed by atoms with Crippen LogP contribution in [0, 0.1) is 0 Å². The Bertz CT molecular complexity index is 258. The van der Waals surface area contributed by atoms with Gasteiger partial charge in [-0.05, 0) is 52.2 Å². The topological polar surface area (TPSA) is 0 Å². The molecule has 0 aliphatic rings. The molecule has 0 aliphatic heterocycles. The molecule has 0 aromatic carbocycles. The van der Waals surface area contributed by atoms with Crippen molar-refractivity contribution in [1.29, 1.82) is 0 Å². The van der Waals surface area contributed by atoms with Gasteiger partial charge < -0.3 is 0 Å². The third-order valence-corrected chi connectivity index (χ3v) is 1.86. The van der Waals surface area contributed by atoms with Gasteiger partial charge in [-0.3, -0.25) is 0 Å². The molecule has 0 heteroatoms. The molecule has 0 heterocycles. The lowest BCUT2D eigenvalue weighted by molar-refractivity contribution is 0.957. The third-order valence-electron chi connectivity index (χ3n) is 1.86. The second-order valence-corrected chi connectivity index (χ2v) is 4.26. The molecular formula is C16H28. The van der Waals surface area contributed by atoms with Gasteiger partial charge in [-0.25, -0.2) is 0 Å². The van der Waals surface area contributed by atoms with Crippen LogP contribution in [0.4, 0.5) is 0 Å². The summed E-state index contributed by atoms with van der Waals surface area (Å²) >= 11 is 0. The van der Waals surface area contributed by atoms with Crippen LogP contribution in [-0.2, 0) is 0 Å². The summed E-state index contributed by atoms with van der Waals surface area (Å²) in [5.74, 6) is 0. The van der Waals surface area contributed by atoms with E-state index in [1.54, 1.807) is 0 Å². The molecule has 0 bridgehead atoms. The first-order valence-corrected chi connectivity index (χ1v) is 6.04. The zero-order valence-corrected chi connectivity index (χ0v) is 11.9. The quantitative estimate of drug-likeness (QED) is 0.412. The van der Waals surface area contributed by atoms with Gasteiger partial charge in [0.2, 0.25) is 0 Å². The molecule has 16 heavy (non-hydrogen) atoms. The molecule has 0 nitrogen and oxygen atoms in total. The minimum atomic E-state index is 1.17. The van der Waals surface area contributed by atoms with Gasteiger partial charge in [0.05, 0.1) is 0 Å². The van der Waals surface area contributed by atoms with Crippen molar-refractivity contribution in [2.45, 2.75) is 54.4 Å². The molecule has 0 saturated heterocycles. The summed E-state index contributed by atoms with van der Waals surface area (Å²) in [5, 5.41) is 0. The van der Waals surface area contributed by atoms with Crippen LogP contribution in [0.3, 0.4) is 0 Å². The van der Waals surface area contributed by atoms with Gasteiger partial charge in [0.15, 0.2) is 0 Å². The number of allylic oxidation sites excluding steroid dienone is 7. The fourth-order valence-corrected chi connectivity index (χ4v) is 0.940. The third kappa shape index (κ3) is 15.4. The Morgan fingerprint density at radius 2 is 1.44 bits per heavy atom. The highest BCUT2D eigenvalue weighted by molar-refractivity contribution is 5.29. The van der Waals surface area contributed by atoms with E-state index in [1.807, 2.05) is 20.8 Å². The minimum absolute atomic E-state index is 1.17. The molecule has 0 fully saturated rings. The number of hydrogen-bond donors (Lipinski definition) is 0. The average Bonchev–Trinajstić information content (AvgIpc) is 2.17. The van der Waals surface area contributed by atoms with Crippen LogP contribution in [0.2, 0.25) is 0 Å². The largest absolute Gasteiger partial charge is 0.100 e. The van der Waals surface area contributed by atoms with E-state index in [-0.39, 0.29) is 0 Å². The van der Waals surface area contributed by atoms with Gasteiger partial charge in [-0.2, -0.15) is 0 Å². The molecule has 0 saturated carbocycles. The average molecular weight is 220 g/mol. The van der Waals surface area contributed by atoms with Crippen molar-refractivity contribution in [3.8, 4) is 0 Å². The van der Waals surface area contributed by atoms with Crippen LogP contribution in [0.25, 0.3) is 0 Å². The van der Waals surface area contributed by atoms with Gasteiger partial charge >= 0.3 is 0 Å². The summed E-state index contributed by atoms with van der Waals surface area (Å²) in [6.45, 7) is 16.0. The maximum absolute atomic E-state index is 3.56. The number of unbranched alkanes of at least 4 members (excludes halogenated alkanes) is 1. The summed E-state index contributed by atoms with van der Waals surface area (Å²) in [7, 11) is 0. The van der Waals surface area contributed by atoms with Crippen LogP contribution in [-0.4, -0.2) is 0 Å². The zero-order chi connectivity index (χ0) is 13.0. The minimum Gasteiger partial charge on any atom is -0.100 e. The van der Waals surface area contributed by atoms with Gasteiger partial charge in [0, 0.05) is 0 Å². The summed E-state index contributed by atoms with van der Waals surface area (Å²) in [6, 6.07) is 0. The first-order chi connectivity index (χ1) is 7.45. The molecular weight excluding hydrogens is 192 g/mol. The van der Waals surface area contributed by atoms with E-state index in [1.165, 1.54) is 29.6 Å². The van der Waals surface area contributed by atoms with Crippen LogP contribution in [0.5, 0.6) is 0 Å². The van der Waals surface area contributed by atoms with Crippen molar-refractivity contribution in [3.05, 3.63) is 47.6 Å². The molecule has 0 aromatic rings. The lowest BCUT2D eigenvalue weighted by Gasteiger charge is -1.96. The Kier molecular flexibility index (Phi) is 13.1. The molecule has 0 rings (SSSR count). The van der Waals surface area contributed by atoms with Crippen LogP contribution >= 0.6 is 0 Å². The molecule has 92 valence electrons. The summed E-state index contributed by atoms with van der Waals surface area (Å²) in [6.07, 6.45) is 11.1. The normalized spacial score (nSPS) is 12.4. The predicted octanol–water partition coefficient (Wildman–Crippen LogP) is 5.84. The van der Waals surface area contributed by atoms with Crippen molar-refractivity contribution in [1.82, 2.24) is 0 Å². The summed E-state index contributed by atoms with van der Waals surface area (Å²) < 4.78 is 0. The van der Waals surface area contributed by atoms with E-state index < -0.39 is 0 Å². The molecule has 0 unspecified atom stereocenters. The van der Waals surface area contributed by atoms with E-state index in [0.29, 0.717) is 0 Å². The zero-order valence-electron chi connectivity index (χ0n) is 11.9. The first kappa shape index (κ1) is 17.4. The van der Waals surface area contributed by atoms with Crippen LogP contribution in [0.1, 0.15) is 54.4 Å². The highest BCUT2D eigenvalue weighted by Crippen LogP contribution is 2.06. The van der Waals surface area contributed by atoms with E-state index in [9.17, 15) is 0 Å². The second-order valence-electron chi connectivity index (χ2n) is 4.26. The monoisotopic (exact) mass is 220 g/mol. The van der Waals surface area contributed by atoms with Crippen molar-refractivity contribution >= 4 is 0 Å². The smallest absolute Gasteiger partial charge is 0.0350 e. The summed E-state index contributed by atoms with van der Waals surface area (Å²) in [4.78, 5) is 0. The van der Waals surface area contributed by atoms with Gasteiger partial charge in [-0.15, -0.1) is 6.58 Å². The Hall–Kier alpha value is -1.04. The molecule has 0 aliphatic carbocycles. The highest BCUT2D eigenvalue weighted by Gasteiger charge is 1.86. The molecule has 0 atom stereocenters. The fraction of sp³-hybridized carbons (Fsp3) is 0.500. The van der Waals surface area contributed by atoms with Crippen molar-refractivity contribution in [2.75, 3.05) is 0 Å².